The van der Waals surface area contributed by atoms with Gasteiger partial charge >= 0.3 is 0 Å². The van der Waals surface area contributed by atoms with Crippen molar-refractivity contribution in [1.29, 1.82) is 0 Å². The first kappa shape index (κ1) is 14.5. The van der Waals surface area contributed by atoms with E-state index in [0.717, 1.165) is 5.76 Å². The summed E-state index contributed by atoms with van der Waals surface area (Å²) in [7, 11) is 0. The number of benzene rings is 1. The Kier molecular flexibility index (Phi) is 4.37. The molecule has 4 nitrogen and oxygen atoms in total. The van der Waals surface area contributed by atoms with E-state index in [1.54, 1.807) is 24.3 Å². The largest absolute Gasteiger partial charge is 0.460 e. The summed E-state index contributed by atoms with van der Waals surface area (Å²) in [5.41, 5.74) is 5.92. The lowest BCUT2D eigenvalue weighted by atomic mass is 10.2. The summed E-state index contributed by atoms with van der Waals surface area (Å²) in [6, 6.07) is 8.20. The second kappa shape index (κ2) is 6.03. The first-order chi connectivity index (χ1) is 9.47. The zero-order chi connectivity index (χ0) is 14.7. The molecule has 1 aromatic heterocycles. The van der Waals surface area contributed by atoms with Gasteiger partial charge in [-0.15, -0.1) is 0 Å². The van der Waals surface area contributed by atoms with Gasteiger partial charge in [-0.3, -0.25) is 15.6 Å². The van der Waals surface area contributed by atoms with Gasteiger partial charge in [-0.05, 0) is 37.3 Å². The Morgan fingerprint density at radius 3 is 2.55 bits per heavy atom. The fourth-order valence-electron chi connectivity index (χ4n) is 1.53. The third-order valence-corrected chi connectivity index (χ3v) is 3.09. The van der Waals surface area contributed by atoms with Crippen molar-refractivity contribution in [1.82, 2.24) is 10.9 Å². The number of hydrazine groups is 1. The Morgan fingerprint density at radius 1 is 1.20 bits per heavy atom. The van der Waals surface area contributed by atoms with E-state index in [0.29, 0.717) is 22.0 Å². The number of carbonyl (C=O) groups excluding carboxylic acids is 1. The Morgan fingerprint density at radius 2 is 1.95 bits per heavy atom. The van der Waals surface area contributed by atoms with E-state index in [2.05, 4.69) is 17.4 Å². The minimum absolute atomic E-state index is 0.274. The lowest BCUT2D eigenvalue weighted by molar-refractivity contribution is 0.0942. The van der Waals surface area contributed by atoms with Crippen molar-refractivity contribution >= 4 is 34.8 Å². The molecule has 0 bridgehead atoms. The summed E-state index contributed by atoms with van der Waals surface area (Å²) < 4.78 is 5.37. The summed E-state index contributed by atoms with van der Waals surface area (Å²) in [6.45, 7) is 5.59. The van der Waals surface area contributed by atoms with Crippen LogP contribution in [0.5, 0.6) is 0 Å². The number of rotatable bonds is 4. The predicted molar refractivity (Wildman–Crippen MR) is 79.5 cm³/mol. The molecule has 2 rings (SSSR count). The zero-order valence-corrected chi connectivity index (χ0v) is 12.2. The van der Waals surface area contributed by atoms with Crippen LogP contribution in [-0.4, -0.2) is 5.91 Å². The molecule has 0 aliphatic rings. The van der Waals surface area contributed by atoms with E-state index in [1.807, 2.05) is 6.92 Å². The average molecular weight is 311 g/mol. The van der Waals surface area contributed by atoms with Gasteiger partial charge < -0.3 is 4.42 Å². The van der Waals surface area contributed by atoms with Crippen LogP contribution >= 0.6 is 23.2 Å². The number of aryl methyl sites for hydroxylation is 1. The zero-order valence-electron chi connectivity index (χ0n) is 10.7. The fourth-order valence-corrected chi connectivity index (χ4v) is 2.03. The molecule has 104 valence electrons. The third-order valence-electron chi connectivity index (χ3n) is 2.54. The van der Waals surface area contributed by atoms with Crippen LogP contribution in [0.1, 0.15) is 21.9 Å². The molecule has 20 heavy (non-hydrogen) atoms. The van der Waals surface area contributed by atoms with Crippen molar-refractivity contribution in [3.8, 4) is 0 Å². The summed E-state index contributed by atoms with van der Waals surface area (Å²) in [5, 5.41) is 0.742. The molecule has 6 heteroatoms. The van der Waals surface area contributed by atoms with Crippen molar-refractivity contribution in [2.45, 2.75) is 6.92 Å². The molecule has 1 aromatic carbocycles. The summed E-state index contributed by atoms with van der Waals surface area (Å²) in [4.78, 5) is 11.9. The maximum Gasteiger partial charge on any atom is 0.271 e. The fraction of sp³-hybridized carbons (Fsp3) is 0.0714. The molecule has 0 spiro atoms. The van der Waals surface area contributed by atoms with Gasteiger partial charge in [0.2, 0.25) is 0 Å². The van der Waals surface area contributed by atoms with Crippen molar-refractivity contribution in [3.05, 3.63) is 64.0 Å². The molecule has 0 atom stereocenters. The smallest absolute Gasteiger partial charge is 0.271 e. The maximum atomic E-state index is 11.9. The van der Waals surface area contributed by atoms with Gasteiger partial charge in [0.1, 0.15) is 5.76 Å². The molecule has 1 amide bonds. The Balaban J connectivity index is 2.00. The van der Waals surface area contributed by atoms with E-state index < -0.39 is 5.91 Å². The van der Waals surface area contributed by atoms with Crippen LogP contribution < -0.4 is 10.9 Å². The molecule has 0 fully saturated rings. The highest BCUT2D eigenvalue weighted by molar-refractivity contribution is 6.36. The number of hydrogen-bond acceptors (Lipinski definition) is 3. The molecule has 0 aliphatic carbocycles. The van der Waals surface area contributed by atoms with Crippen molar-refractivity contribution < 1.29 is 9.21 Å². The minimum Gasteiger partial charge on any atom is -0.460 e. The molecule has 0 saturated carbocycles. The van der Waals surface area contributed by atoms with Gasteiger partial charge in [0.15, 0.2) is 5.76 Å². The normalized spacial score (nSPS) is 10.2. The van der Waals surface area contributed by atoms with E-state index >= 15 is 0 Å². The molecular formula is C14H12Cl2N2O2. The second-order valence-electron chi connectivity index (χ2n) is 4.09. The Labute approximate surface area is 126 Å². The standard InChI is InChI=1S/C14H12Cl2N2O2/c1-8-3-6-13(20-8)9(2)17-18-14(19)11-5-4-10(15)7-12(11)16/h3-7,17H,2H2,1H3,(H,18,19). The number of furan rings is 1. The van der Waals surface area contributed by atoms with Gasteiger partial charge in [-0.2, -0.15) is 0 Å². The summed E-state index contributed by atoms with van der Waals surface area (Å²) >= 11 is 11.7. The van der Waals surface area contributed by atoms with Crippen LogP contribution in [0.3, 0.4) is 0 Å². The monoisotopic (exact) mass is 310 g/mol. The van der Waals surface area contributed by atoms with Crippen LogP contribution in [0.4, 0.5) is 0 Å². The third kappa shape index (κ3) is 3.35. The first-order valence-corrected chi connectivity index (χ1v) is 6.50. The highest BCUT2D eigenvalue weighted by Gasteiger charge is 2.11. The number of nitrogens with one attached hydrogen (secondary N) is 2. The van der Waals surface area contributed by atoms with E-state index in [-0.39, 0.29) is 5.02 Å². The van der Waals surface area contributed by atoms with Gasteiger partial charge in [0.05, 0.1) is 16.3 Å². The van der Waals surface area contributed by atoms with Crippen LogP contribution in [-0.2, 0) is 0 Å². The maximum absolute atomic E-state index is 11.9. The highest BCUT2D eigenvalue weighted by Crippen LogP contribution is 2.20. The van der Waals surface area contributed by atoms with Crippen LogP contribution in [0, 0.1) is 6.92 Å². The van der Waals surface area contributed by atoms with Gasteiger partial charge in [-0.1, -0.05) is 29.8 Å². The lowest BCUT2D eigenvalue weighted by Gasteiger charge is -2.10. The van der Waals surface area contributed by atoms with Crippen molar-refractivity contribution in [2.24, 2.45) is 0 Å². The number of amides is 1. The SMILES string of the molecule is C=C(NNC(=O)c1ccc(Cl)cc1Cl)c1ccc(C)o1. The van der Waals surface area contributed by atoms with Crippen molar-refractivity contribution in [2.75, 3.05) is 0 Å². The molecule has 0 radical (unpaired) electrons. The Bertz CT molecular complexity index is 665. The quantitative estimate of drug-likeness (QED) is 0.845. The molecule has 2 aromatic rings. The van der Waals surface area contributed by atoms with Gasteiger partial charge in [0.25, 0.3) is 5.91 Å². The number of halogens is 2. The van der Waals surface area contributed by atoms with E-state index in [4.69, 9.17) is 27.6 Å². The molecule has 2 N–H and O–H groups in total. The highest BCUT2D eigenvalue weighted by atomic mass is 35.5. The average Bonchev–Trinajstić information content (AvgIpc) is 2.82. The van der Waals surface area contributed by atoms with Crippen LogP contribution in [0.25, 0.3) is 5.70 Å². The molecular weight excluding hydrogens is 299 g/mol. The van der Waals surface area contributed by atoms with Crippen molar-refractivity contribution in [3.63, 3.8) is 0 Å². The summed E-state index contributed by atoms with van der Waals surface area (Å²) in [5.74, 6) is 0.913. The molecule has 1 heterocycles. The van der Waals surface area contributed by atoms with Gasteiger partial charge in [0, 0.05) is 5.02 Å². The van der Waals surface area contributed by atoms with Crippen LogP contribution in [0.15, 0.2) is 41.3 Å². The van der Waals surface area contributed by atoms with E-state index in [1.165, 1.54) is 6.07 Å². The predicted octanol–water partition coefficient (Wildman–Crippen LogP) is 3.80. The Hall–Kier alpha value is -1.91. The van der Waals surface area contributed by atoms with Crippen LogP contribution in [0.2, 0.25) is 10.0 Å². The minimum atomic E-state index is -0.393. The molecule has 0 aliphatic heterocycles. The topological polar surface area (TPSA) is 54.3 Å². The second-order valence-corrected chi connectivity index (χ2v) is 4.94. The van der Waals surface area contributed by atoms with Gasteiger partial charge in [-0.25, -0.2) is 0 Å². The number of carbonyl (C=O) groups is 1. The summed E-state index contributed by atoms with van der Waals surface area (Å²) in [6.07, 6.45) is 0. The molecule has 0 unspecified atom stereocenters. The lowest BCUT2D eigenvalue weighted by Crippen LogP contribution is -2.35. The van der Waals surface area contributed by atoms with E-state index in [9.17, 15) is 4.79 Å². The molecule has 0 saturated heterocycles. The first-order valence-electron chi connectivity index (χ1n) is 5.74. The number of hydrogen-bond donors (Lipinski definition) is 2.